The summed E-state index contributed by atoms with van der Waals surface area (Å²) in [5.41, 5.74) is 5.32. The number of benzene rings is 1. The van der Waals surface area contributed by atoms with Gasteiger partial charge in [0, 0.05) is 5.02 Å². The van der Waals surface area contributed by atoms with Gasteiger partial charge in [0.25, 0.3) is 5.91 Å². The molecule has 0 aromatic heterocycles. The quantitative estimate of drug-likeness (QED) is 0.335. The fourth-order valence-corrected chi connectivity index (χ4v) is 1.72. The van der Waals surface area contributed by atoms with E-state index in [2.05, 4.69) is 10.5 Å². The number of nitrogens with two attached hydrogens (primary N) is 1. The zero-order valence-electron chi connectivity index (χ0n) is 10.4. The first-order valence-corrected chi connectivity index (χ1v) is 6.10. The molecular formula is C12H15ClFN3O2. The zero-order valence-corrected chi connectivity index (χ0v) is 11.1. The third kappa shape index (κ3) is 4.10. The monoisotopic (exact) mass is 287 g/mol. The molecule has 19 heavy (non-hydrogen) atoms. The van der Waals surface area contributed by atoms with Gasteiger partial charge in [-0.2, -0.15) is 0 Å². The van der Waals surface area contributed by atoms with E-state index in [0.29, 0.717) is 12.8 Å². The van der Waals surface area contributed by atoms with Gasteiger partial charge in [-0.25, -0.2) is 4.39 Å². The third-order valence-electron chi connectivity index (χ3n) is 2.53. The Hall–Kier alpha value is -1.82. The maximum absolute atomic E-state index is 13.6. The van der Waals surface area contributed by atoms with E-state index in [4.69, 9.17) is 22.5 Å². The number of carbonyl (C=O) groups is 1. The Labute approximate surface area is 115 Å². The number of halogens is 2. The van der Waals surface area contributed by atoms with Gasteiger partial charge >= 0.3 is 0 Å². The van der Waals surface area contributed by atoms with E-state index in [9.17, 15) is 9.18 Å². The first-order valence-electron chi connectivity index (χ1n) is 5.73. The summed E-state index contributed by atoms with van der Waals surface area (Å²) in [5.74, 6) is -1.48. The van der Waals surface area contributed by atoms with E-state index in [0.717, 1.165) is 6.07 Å². The van der Waals surface area contributed by atoms with Crippen LogP contribution >= 0.6 is 11.6 Å². The SMILES string of the molecule is CCCC(NC(=O)c1ccc(Cl)cc1F)/C(N)=N/O. The Balaban J connectivity index is 2.87. The van der Waals surface area contributed by atoms with E-state index in [1.165, 1.54) is 12.1 Å². The van der Waals surface area contributed by atoms with Gasteiger partial charge in [-0.15, -0.1) is 0 Å². The van der Waals surface area contributed by atoms with Crippen LogP contribution in [0.25, 0.3) is 0 Å². The number of amides is 1. The summed E-state index contributed by atoms with van der Waals surface area (Å²) in [4.78, 5) is 11.9. The number of carbonyl (C=O) groups excluding carboxylic acids is 1. The van der Waals surface area contributed by atoms with E-state index in [-0.39, 0.29) is 16.4 Å². The summed E-state index contributed by atoms with van der Waals surface area (Å²) in [6.07, 6.45) is 1.20. The molecule has 0 bridgehead atoms. The van der Waals surface area contributed by atoms with Crippen LogP contribution < -0.4 is 11.1 Å². The van der Waals surface area contributed by atoms with E-state index < -0.39 is 17.8 Å². The maximum atomic E-state index is 13.6. The van der Waals surface area contributed by atoms with Crippen molar-refractivity contribution < 1.29 is 14.4 Å². The van der Waals surface area contributed by atoms with Crippen LogP contribution in [-0.4, -0.2) is 23.0 Å². The molecule has 104 valence electrons. The van der Waals surface area contributed by atoms with Crippen LogP contribution in [0.2, 0.25) is 5.02 Å². The molecule has 7 heteroatoms. The maximum Gasteiger partial charge on any atom is 0.254 e. The summed E-state index contributed by atoms with van der Waals surface area (Å²) in [6.45, 7) is 1.88. The molecule has 0 saturated heterocycles. The zero-order chi connectivity index (χ0) is 14.4. The first kappa shape index (κ1) is 15.2. The predicted molar refractivity (Wildman–Crippen MR) is 71.0 cm³/mol. The standard InChI is InChI=1S/C12H15ClFN3O2/c1-2-3-10(11(15)17-19)16-12(18)8-5-4-7(13)6-9(8)14/h4-6,10,19H,2-3H2,1H3,(H2,15,17)(H,16,18). The minimum Gasteiger partial charge on any atom is -0.409 e. The van der Waals surface area contributed by atoms with Crippen molar-refractivity contribution >= 4 is 23.3 Å². The fraction of sp³-hybridized carbons (Fsp3) is 0.333. The third-order valence-corrected chi connectivity index (χ3v) is 2.77. The van der Waals surface area contributed by atoms with Gasteiger partial charge in [-0.3, -0.25) is 4.79 Å². The highest BCUT2D eigenvalue weighted by molar-refractivity contribution is 6.30. The summed E-state index contributed by atoms with van der Waals surface area (Å²) in [5, 5.41) is 14.2. The Morgan fingerprint density at radius 1 is 1.63 bits per heavy atom. The summed E-state index contributed by atoms with van der Waals surface area (Å²) in [7, 11) is 0. The highest BCUT2D eigenvalue weighted by Crippen LogP contribution is 2.14. The van der Waals surface area contributed by atoms with Crippen LogP contribution in [0.15, 0.2) is 23.4 Å². The van der Waals surface area contributed by atoms with E-state index in [1.807, 2.05) is 6.92 Å². The van der Waals surface area contributed by atoms with Crippen molar-refractivity contribution in [2.45, 2.75) is 25.8 Å². The van der Waals surface area contributed by atoms with Crippen molar-refractivity contribution in [3.63, 3.8) is 0 Å². The molecule has 5 nitrogen and oxygen atoms in total. The number of hydrogen-bond acceptors (Lipinski definition) is 3. The molecule has 1 amide bonds. The summed E-state index contributed by atoms with van der Waals surface area (Å²) < 4.78 is 13.6. The second-order valence-electron chi connectivity index (χ2n) is 3.96. The van der Waals surface area contributed by atoms with Crippen molar-refractivity contribution in [3.8, 4) is 0 Å². The molecule has 0 aliphatic carbocycles. The number of hydrogen-bond donors (Lipinski definition) is 3. The lowest BCUT2D eigenvalue weighted by Gasteiger charge is -2.16. The van der Waals surface area contributed by atoms with Gasteiger partial charge in [-0.1, -0.05) is 30.1 Å². The molecule has 0 aliphatic rings. The molecule has 4 N–H and O–H groups in total. The number of rotatable bonds is 5. The predicted octanol–water partition coefficient (Wildman–Crippen LogP) is 2.12. The average molecular weight is 288 g/mol. The largest absolute Gasteiger partial charge is 0.409 e. The molecule has 0 radical (unpaired) electrons. The minimum absolute atomic E-state index is 0.121. The molecule has 0 saturated carbocycles. The van der Waals surface area contributed by atoms with Gasteiger partial charge in [0.1, 0.15) is 5.82 Å². The van der Waals surface area contributed by atoms with Crippen molar-refractivity contribution in [1.29, 1.82) is 0 Å². The molecule has 0 fully saturated rings. The van der Waals surface area contributed by atoms with Gasteiger partial charge in [0.05, 0.1) is 11.6 Å². The molecule has 1 aromatic rings. The second kappa shape index (κ2) is 6.94. The molecule has 1 aromatic carbocycles. The van der Waals surface area contributed by atoms with Crippen molar-refractivity contribution in [2.75, 3.05) is 0 Å². The van der Waals surface area contributed by atoms with E-state index in [1.54, 1.807) is 0 Å². The molecular weight excluding hydrogens is 273 g/mol. The van der Waals surface area contributed by atoms with Gasteiger partial charge in [0.15, 0.2) is 5.84 Å². The topological polar surface area (TPSA) is 87.7 Å². The number of oxime groups is 1. The minimum atomic E-state index is -0.722. The number of amidine groups is 1. The summed E-state index contributed by atoms with van der Waals surface area (Å²) in [6, 6.07) is 3.10. The fourth-order valence-electron chi connectivity index (χ4n) is 1.56. The molecule has 1 unspecified atom stereocenters. The van der Waals surface area contributed by atoms with Gasteiger partial charge in [-0.05, 0) is 24.6 Å². The summed E-state index contributed by atoms with van der Waals surface area (Å²) >= 11 is 5.61. The van der Waals surface area contributed by atoms with Gasteiger partial charge < -0.3 is 16.3 Å². The van der Waals surface area contributed by atoms with Crippen molar-refractivity contribution in [2.24, 2.45) is 10.9 Å². The van der Waals surface area contributed by atoms with Crippen LogP contribution in [-0.2, 0) is 0 Å². The van der Waals surface area contributed by atoms with Crippen molar-refractivity contribution in [3.05, 3.63) is 34.6 Å². The van der Waals surface area contributed by atoms with Crippen LogP contribution in [0, 0.1) is 5.82 Å². The average Bonchev–Trinajstić information content (AvgIpc) is 2.37. The van der Waals surface area contributed by atoms with Gasteiger partial charge in [0.2, 0.25) is 0 Å². The smallest absolute Gasteiger partial charge is 0.254 e. The number of nitrogens with one attached hydrogen (secondary N) is 1. The molecule has 0 aliphatic heterocycles. The molecule has 1 atom stereocenters. The Kier molecular flexibility index (Phi) is 5.57. The Morgan fingerprint density at radius 3 is 2.84 bits per heavy atom. The lowest BCUT2D eigenvalue weighted by molar-refractivity contribution is 0.0941. The molecule has 0 spiro atoms. The highest BCUT2D eigenvalue weighted by atomic mass is 35.5. The van der Waals surface area contributed by atoms with Crippen LogP contribution in [0.5, 0.6) is 0 Å². The lowest BCUT2D eigenvalue weighted by Crippen LogP contribution is -2.44. The van der Waals surface area contributed by atoms with Crippen molar-refractivity contribution in [1.82, 2.24) is 5.32 Å². The van der Waals surface area contributed by atoms with Crippen LogP contribution in [0.1, 0.15) is 30.1 Å². The second-order valence-corrected chi connectivity index (χ2v) is 4.40. The molecule has 0 heterocycles. The van der Waals surface area contributed by atoms with Crippen LogP contribution in [0.3, 0.4) is 0 Å². The Bertz CT molecular complexity index is 494. The Morgan fingerprint density at radius 2 is 2.32 bits per heavy atom. The first-order chi connectivity index (χ1) is 8.99. The molecule has 1 rings (SSSR count). The van der Waals surface area contributed by atoms with Crippen LogP contribution in [0.4, 0.5) is 4.39 Å². The lowest BCUT2D eigenvalue weighted by atomic mass is 10.1. The highest BCUT2D eigenvalue weighted by Gasteiger charge is 2.19. The normalized spacial score (nSPS) is 13.1. The number of nitrogens with zero attached hydrogens (tertiary/aromatic N) is 1. The van der Waals surface area contributed by atoms with E-state index >= 15 is 0 Å².